The van der Waals surface area contributed by atoms with Gasteiger partial charge in [0.2, 0.25) is 0 Å². The van der Waals surface area contributed by atoms with Crippen LogP contribution in [0.3, 0.4) is 0 Å². The van der Waals surface area contributed by atoms with Gasteiger partial charge in [0, 0.05) is 17.0 Å². The predicted octanol–water partition coefficient (Wildman–Crippen LogP) is 4.23. The van der Waals surface area contributed by atoms with E-state index in [4.69, 9.17) is 21.1 Å². The van der Waals surface area contributed by atoms with Crippen molar-refractivity contribution in [1.82, 2.24) is 4.98 Å². The van der Waals surface area contributed by atoms with Gasteiger partial charge < -0.3 is 19.8 Å². The minimum Gasteiger partial charge on any atom is -0.495 e. The molecule has 0 bridgehead atoms. The Hall–Kier alpha value is -2.73. The van der Waals surface area contributed by atoms with Crippen molar-refractivity contribution in [3.63, 3.8) is 0 Å². The number of aromatic nitrogens is 1. The third-order valence-corrected chi connectivity index (χ3v) is 3.84. The smallest absolute Gasteiger partial charge is 0.272 e. The maximum atomic E-state index is 13.3. The number of rotatable bonds is 4. The first-order chi connectivity index (χ1) is 11.5. The third kappa shape index (κ3) is 3.00. The molecule has 0 atom stereocenters. The number of fused-ring (bicyclic) bond motifs is 1. The summed E-state index contributed by atoms with van der Waals surface area (Å²) in [6, 6.07) is 8.95. The molecule has 7 heteroatoms. The van der Waals surface area contributed by atoms with E-state index in [0.29, 0.717) is 38.8 Å². The van der Waals surface area contributed by atoms with Gasteiger partial charge in [-0.3, -0.25) is 4.79 Å². The van der Waals surface area contributed by atoms with E-state index < -0.39 is 5.91 Å². The summed E-state index contributed by atoms with van der Waals surface area (Å²) in [6.07, 6.45) is 0. The number of carbonyl (C=O) groups excluding carboxylic acids is 1. The molecule has 0 aliphatic heterocycles. The van der Waals surface area contributed by atoms with Gasteiger partial charge in [0.25, 0.3) is 5.91 Å². The average Bonchev–Trinajstić information content (AvgIpc) is 2.98. The van der Waals surface area contributed by atoms with Crippen LogP contribution in [0.5, 0.6) is 11.5 Å². The summed E-state index contributed by atoms with van der Waals surface area (Å²) in [5.41, 5.74) is 1.36. The topological polar surface area (TPSA) is 63.4 Å². The molecule has 124 valence electrons. The number of nitrogens with one attached hydrogen (secondary N) is 2. The Bertz CT molecular complexity index is 924. The highest BCUT2D eigenvalue weighted by Crippen LogP contribution is 2.36. The molecule has 0 fully saturated rings. The number of H-pyrrole nitrogens is 1. The number of methoxy groups -OCH3 is 2. The largest absolute Gasteiger partial charge is 0.495 e. The molecule has 0 spiro atoms. The van der Waals surface area contributed by atoms with Crippen LogP contribution >= 0.6 is 11.6 Å². The maximum absolute atomic E-state index is 13.3. The van der Waals surface area contributed by atoms with Gasteiger partial charge >= 0.3 is 0 Å². The molecule has 1 aromatic heterocycles. The molecule has 5 nitrogen and oxygen atoms in total. The van der Waals surface area contributed by atoms with Crippen LogP contribution in [0, 0.1) is 5.82 Å². The van der Waals surface area contributed by atoms with Crippen LogP contribution in [-0.2, 0) is 0 Å². The second-order valence-corrected chi connectivity index (χ2v) is 5.46. The van der Waals surface area contributed by atoms with E-state index in [1.165, 1.54) is 26.4 Å². The van der Waals surface area contributed by atoms with Crippen LogP contribution in [0.4, 0.5) is 10.1 Å². The summed E-state index contributed by atoms with van der Waals surface area (Å²) in [6.45, 7) is 0. The summed E-state index contributed by atoms with van der Waals surface area (Å²) in [7, 11) is 2.96. The molecule has 1 heterocycles. The molecule has 0 radical (unpaired) electrons. The van der Waals surface area contributed by atoms with Gasteiger partial charge in [0.05, 0.1) is 24.9 Å². The van der Waals surface area contributed by atoms with Crippen molar-refractivity contribution < 1.29 is 18.7 Å². The summed E-state index contributed by atoms with van der Waals surface area (Å²) in [4.78, 5) is 15.4. The van der Waals surface area contributed by atoms with Crippen LogP contribution in [0.2, 0.25) is 5.02 Å². The molecule has 1 amide bonds. The number of aromatic amines is 1. The van der Waals surface area contributed by atoms with Crippen LogP contribution in [0.1, 0.15) is 10.5 Å². The number of benzene rings is 2. The van der Waals surface area contributed by atoms with Crippen LogP contribution in [0.25, 0.3) is 10.9 Å². The van der Waals surface area contributed by atoms with E-state index in [2.05, 4.69) is 10.3 Å². The van der Waals surface area contributed by atoms with Gasteiger partial charge in [0.1, 0.15) is 23.0 Å². The van der Waals surface area contributed by atoms with Gasteiger partial charge in [-0.05, 0) is 30.3 Å². The molecule has 0 aliphatic rings. The quantitative estimate of drug-likeness (QED) is 0.741. The summed E-state index contributed by atoms with van der Waals surface area (Å²) < 4.78 is 23.6. The Labute approximate surface area is 142 Å². The number of anilines is 1. The Kier molecular flexibility index (Phi) is 4.31. The number of carbonyl (C=O) groups is 1. The first-order valence-electron chi connectivity index (χ1n) is 7.03. The first kappa shape index (κ1) is 16.1. The van der Waals surface area contributed by atoms with Crippen molar-refractivity contribution in [2.24, 2.45) is 0 Å². The van der Waals surface area contributed by atoms with Gasteiger partial charge in [-0.25, -0.2) is 4.39 Å². The molecular formula is C17H14ClFN2O3. The van der Waals surface area contributed by atoms with E-state index in [9.17, 15) is 9.18 Å². The summed E-state index contributed by atoms with van der Waals surface area (Å²) in [5, 5.41) is 3.67. The molecule has 2 N–H and O–H groups in total. The Morgan fingerprint density at radius 3 is 2.58 bits per heavy atom. The highest BCUT2D eigenvalue weighted by atomic mass is 35.5. The second kappa shape index (κ2) is 6.41. The number of halogens is 2. The maximum Gasteiger partial charge on any atom is 0.272 e. The lowest BCUT2D eigenvalue weighted by Crippen LogP contribution is -2.13. The van der Waals surface area contributed by atoms with Crippen molar-refractivity contribution in [3.05, 3.63) is 52.9 Å². The minimum absolute atomic E-state index is 0.296. The number of amides is 1. The molecular weight excluding hydrogens is 335 g/mol. The standard InChI is InChI=1S/C17H14ClFN2O3/c1-23-15-8-16(24-2)13(7-11(15)18)21-17(22)14-6-9-5-10(19)3-4-12(9)20-14/h3-8,20H,1-2H3,(H,21,22). The normalized spacial score (nSPS) is 10.7. The fraction of sp³-hybridized carbons (Fsp3) is 0.118. The zero-order chi connectivity index (χ0) is 17.3. The summed E-state index contributed by atoms with van der Waals surface area (Å²) in [5.74, 6) is 0.0857. The fourth-order valence-corrected chi connectivity index (χ4v) is 2.61. The molecule has 2 aromatic carbocycles. The zero-order valence-electron chi connectivity index (χ0n) is 12.9. The number of hydrogen-bond donors (Lipinski definition) is 2. The SMILES string of the molecule is COc1cc(OC)c(NC(=O)c2cc3cc(F)ccc3[nH]2)cc1Cl. The van der Waals surface area contributed by atoms with Crippen molar-refractivity contribution in [2.45, 2.75) is 0 Å². The van der Waals surface area contributed by atoms with Crippen molar-refractivity contribution in [2.75, 3.05) is 19.5 Å². The van der Waals surface area contributed by atoms with Crippen LogP contribution in [0.15, 0.2) is 36.4 Å². The predicted molar refractivity (Wildman–Crippen MR) is 90.8 cm³/mol. The highest BCUT2D eigenvalue weighted by Gasteiger charge is 2.15. The minimum atomic E-state index is -0.397. The highest BCUT2D eigenvalue weighted by molar-refractivity contribution is 6.32. The number of ether oxygens (including phenoxy) is 2. The van der Waals surface area contributed by atoms with E-state index in [-0.39, 0.29) is 5.82 Å². The Balaban J connectivity index is 1.92. The molecule has 3 aromatic rings. The Morgan fingerprint density at radius 2 is 1.88 bits per heavy atom. The van der Waals surface area contributed by atoms with Gasteiger partial charge in [-0.1, -0.05) is 11.6 Å². The molecule has 0 unspecified atom stereocenters. The van der Waals surface area contributed by atoms with Crippen molar-refractivity contribution in [1.29, 1.82) is 0 Å². The lowest BCUT2D eigenvalue weighted by atomic mass is 10.2. The second-order valence-electron chi connectivity index (χ2n) is 5.06. The van der Waals surface area contributed by atoms with E-state index >= 15 is 0 Å². The first-order valence-corrected chi connectivity index (χ1v) is 7.40. The molecule has 0 saturated carbocycles. The van der Waals surface area contributed by atoms with Gasteiger partial charge in [0.15, 0.2) is 0 Å². The average molecular weight is 349 g/mol. The molecule has 0 aliphatic carbocycles. The van der Waals surface area contributed by atoms with Crippen molar-refractivity contribution >= 4 is 34.1 Å². The van der Waals surface area contributed by atoms with E-state index in [1.54, 1.807) is 24.3 Å². The van der Waals surface area contributed by atoms with Crippen molar-refractivity contribution in [3.8, 4) is 11.5 Å². The zero-order valence-corrected chi connectivity index (χ0v) is 13.7. The molecule has 3 rings (SSSR count). The van der Waals surface area contributed by atoms with Gasteiger partial charge in [-0.15, -0.1) is 0 Å². The fourth-order valence-electron chi connectivity index (χ4n) is 2.37. The van der Waals surface area contributed by atoms with E-state index in [0.717, 1.165) is 0 Å². The monoisotopic (exact) mass is 348 g/mol. The summed E-state index contributed by atoms with van der Waals surface area (Å²) >= 11 is 6.09. The third-order valence-electron chi connectivity index (χ3n) is 3.55. The van der Waals surface area contributed by atoms with Crippen LogP contribution < -0.4 is 14.8 Å². The molecule has 24 heavy (non-hydrogen) atoms. The van der Waals surface area contributed by atoms with E-state index in [1.807, 2.05) is 0 Å². The lowest BCUT2D eigenvalue weighted by molar-refractivity contribution is 0.102. The van der Waals surface area contributed by atoms with Crippen LogP contribution in [-0.4, -0.2) is 25.1 Å². The number of hydrogen-bond acceptors (Lipinski definition) is 3. The van der Waals surface area contributed by atoms with Gasteiger partial charge in [-0.2, -0.15) is 0 Å². The lowest BCUT2D eigenvalue weighted by Gasteiger charge is -2.12. The Morgan fingerprint density at radius 1 is 1.12 bits per heavy atom. The molecule has 0 saturated heterocycles.